The van der Waals surface area contributed by atoms with Crippen LogP contribution in [0.5, 0.6) is 5.75 Å². The molecule has 1 saturated carbocycles. The molecule has 234 valence electrons. The van der Waals surface area contributed by atoms with Crippen molar-refractivity contribution in [3.8, 4) is 5.75 Å². The van der Waals surface area contributed by atoms with Crippen LogP contribution in [0.3, 0.4) is 0 Å². The van der Waals surface area contributed by atoms with E-state index in [0.29, 0.717) is 13.0 Å². The molecule has 13 nitrogen and oxygen atoms in total. The Hall–Kier alpha value is -3.33. The molecule has 14 heteroatoms. The predicted octanol–water partition coefficient (Wildman–Crippen LogP) is -0.0427. The van der Waals surface area contributed by atoms with Gasteiger partial charge < -0.3 is 35.2 Å². The van der Waals surface area contributed by atoms with E-state index in [2.05, 4.69) is 15.9 Å². The number of rotatable bonds is 10. The normalized spacial score (nSPS) is 25.9. The van der Waals surface area contributed by atoms with Crippen LogP contribution >= 0.6 is 0 Å². The number of alkyl halides is 1. The summed E-state index contributed by atoms with van der Waals surface area (Å²) in [5, 5.41) is 42.3. The lowest BCUT2D eigenvalue weighted by Crippen LogP contribution is -2.47. The largest absolute Gasteiger partial charge is 0.489 e. The van der Waals surface area contributed by atoms with Crippen LogP contribution in [0.2, 0.25) is 0 Å². The van der Waals surface area contributed by atoms with Crippen LogP contribution in [0, 0.1) is 11.8 Å². The van der Waals surface area contributed by atoms with Crippen LogP contribution < -0.4 is 9.64 Å². The zero-order valence-corrected chi connectivity index (χ0v) is 23.7. The van der Waals surface area contributed by atoms with Gasteiger partial charge in [0.15, 0.2) is 12.2 Å². The molecule has 0 bridgehead atoms. The summed E-state index contributed by atoms with van der Waals surface area (Å²) in [7, 11) is 0. The van der Waals surface area contributed by atoms with Crippen LogP contribution in [-0.2, 0) is 19.2 Å². The number of carbonyl (C=O) groups is 4. The number of amides is 2. The van der Waals surface area contributed by atoms with Crippen molar-refractivity contribution in [1.82, 2.24) is 9.80 Å². The van der Waals surface area contributed by atoms with Gasteiger partial charge in [0.25, 0.3) is 0 Å². The maximum Gasteiger partial charge on any atom is 0.335 e. The third-order valence-electron chi connectivity index (χ3n) is 7.65. The van der Waals surface area contributed by atoms with Gasteiger partial charge in [0.1, 0.15) is 11.9 Å². The van der Waals surface area contributed by atoms with Gasteiger partial charge >= 0.3 is 11.9 Å². The number of nitrogens with zero attached hydrogens (tertiary/aromatic N) is 3. The number of piperazine rings is 1. The smallest absolute Gasteiger partial charge is 0.335 e. The highest BCUT2D eigenvalue weighted by Crippen LogP contribution is 2.39. The Morgan fingerprint density at radius 2 is 1.48 bits per heavy atom. The minimum atomic E-state index is -2.27. The molecule has 3 aliphatic rings. The molecule has 0 aromatic heterocycles. The first-order chi connectivity index (χ1) is 19.8. The lowest BCUT2D eigenvalue weighted by atomic mass is 9.78. The summed E-state index contributed by atoms with van der Waals surface area (Å²) in [6.07, 6.45) is -6.26. The summed E-state index contributed by atoms with van der Waals surface area (Å²) >= 11 is 0. The average molecular weight is 598 g/mol. The van der Waals surface area contributed by atoms with Gasteiger partial charge in [-0.15, -0.1) is 0 Å². The van der Waals surface area contributed by atoms with E-state index in [-0.39, 0.29) is 30.8 Å². The van der Waals surface area contributed by atoms with Crippen molar-refractivity contribution in [2.24, 2.45) is 11.8 Å². The Morgan fingerprint density at radius 1 is 0.929 bits per heavy atom. The molecular weight excluding hydrogens is 557 g/mol. The highest BCUT2D eigenvalue weighted by molar-refractivity contribution is 6.05. The zero-order chi connectivity index (χ0) is 31.1. The summed E-state index contributed by atoms with van der Waals surface area (Å²) in [6.45, 7) is 8.80. The number of para-hydroxylation sites is 2. The van der Waals surface area contributed by atoms with Crippen molar-refractivity contribution >= 4 is 29.4 Å². The number of halogens is 1. The fourth-order valence-electron chi connectivity index (χ4n) is 5.42. The van der Waals surface area contributed by atoms with E-state index < -0.39 is 48.3 Å². The number of imide groups is 1. The van der Waals surface area contributed by atoms with Gasteiger partial charge in [-0.1, -0.05) is 12.1 Å². The molecule has 42 heavy (non-hydrogen) atoms. The highest BCUT2D eigenvalue weighted by atomic mass is 19.1. The molecule has 1 aromatic rings. The molecule has 2 amide bonds. The number of carbonyl (C=O) groups excluding carboxylic acids is 2. The Labute approximate surface area is 243 Å². The second kappa shape index (κ2) is 14.7. The van der Waals surface area contributed by atoms with Crippen molar-refractivity contribution in [3.05, 3.63) is 24.3 Å². The first-order valence-electron chi connectivity index (χ1n) is 14.0. The van der Waals surface area contributed by atoms with Gasteiger partial charge in [-0.2, -0.15) is 0 Å². The molecule has 6 unspecified atom stereocenters. The molecule has 1 aliphatic carbocycles. The van der Waals surface area contributed by atoms with E-state index >= 15 is 0 Å². The molecule has 2 heterocycles. The van der Waals surface area contributed by atoms with Gasteiger partial charge in [-0.3, -0.25) is 19.4 Å². The van der Waals surface area contributed by atoms with Crippen LogP contribution in [0.4, 0.5) is 10.1 Å². The Kier molecular flexibility index (Phi) is 11.6. The molecule has 3 fully saturated rings. The first-order valence-corrected chi connectivity index (χ1v) is 14.0. The van der Waals surface area contributed by atoms with Crippen LogP contribution in [0.15, 0.2) is 24.3 Å². The lowest BCUT2D eigenvalue weighted by molar-refractivity contribution is -0.165. The van der Waals surface area contributed by atoms with Gasteiger partial charge in [-0.05, 0) is 51.8 Å². The molecule has 2 saturated heterocycles. The van der Waals surface area contributed by atoms with E-state index in [1.54, 1.807) is 0 Å². The number of hydrogen-bond donors (Lipinski definition) is 5. The number of likely N-dealkylation sites (tertiary alicyclic amines) is 1. The quantitative estimate of drug-likeness (QED) is 0.227. The number of hydrogen-bond acceptors (Lipinski definition) is 10. The molecule has 5 N–H and O–H groups in total. The van der Waals surface area contributed by atoms with Gasteiger partial charge in [-0.25, -0.2) is 14.0 Å². The molecule has 0 spiro atoms. The SMILES string of the molecule is CC(C)Oc1ccccc1N1CCN(CCCN2C(=O)C3CC(O)C(F)CC3C2=O)CC1.O=C(O)C(O)C(O)C(=O)O. The van der Waals surface area contributed by atoms with E-state index in [1.165, 1.54) is 4.90 Å². The van der Waals surface area contributed by atoms with Gasteiger partial charge in [0, 0.05) is 32.7 Å². The molecule has 4 rings (SSSR count). The fourth-order valence-corrected chi connectivity index (χ4v) is 5.42. The number of fused-ring (bicyclic) bond motifs is 1. The maximum absolute atomic E-state index is 13.8. The fraction of sp³-hybridized carbons (Fsp3) is 0.643. The third-order valence-corrected chi connectivity index (χ3v) is 7.65. The molecule has 0 radical (unpaired) electrons. The van der Waals surface area contributed by atoms with Crippen LogP contribution in [0.1, 0.15) is 33.1 Å². The Bertz CT molecular complexity index is 1070. The molecule has 6 atom stereocenters. The molecular formula is C28H40FN3O10. The first kappa shape index (κ1) is 33.2. The number of aliphatic hydroxyl groups is 3. The monoisotopic (exact) mass is 597 g/mol. The van der Waals surface area contributed by atoms with Crippen molar-refractivity contribution in [3.63, 3.8) is 0 Å². The summed E-state index contributed by atoms with van der Waals surface area (Å²) in [4.78, 5) is 50.8. The second-order valence-electron chi connectivity index (χ2n) is 11.0. The van der Waals surface area contributed by atoms with Gasteiger partial charge in [0.05, 0.1) is 29.7 Å². The van der Waals surface area contributed by atoms with E-state index in [0.717, 1.165) is 44.2 Å². The van der Waals surface area contributed by atoms with Crippen molar-refractivity contribution in [1.29, 1.82) is 0 Å². The Morgan fingerprint density at radius 3 is 2.02 bits per heavy atom. The van der Waals surface area contributed by atoms with Crippen molar-refractivity contribution in [2.45, 2.75) is 63.7 Å². The topological polar surface area (TPSA) is 188 Å². The molecule has 2 aliphatic heterocycles. The maximum atomic E-state index is 13.8. The standard InChI is InChI=1S/C24H34FN3O4.C4H6O6/c1-16(2)32-22-7-4-3-6-20(22)27-12-10-26(11-13-27)8-5-9-28-23(30)17-14-19(25)21(29)15-18(17)24(28)31;5-1(3(7)8)2(6)4(9)10/h3-4,6-7,16-19,21,29H,5,8-15H2,1-2H3;1-2,5-6H,(H,7,8)(H,9,10). The zero-order valence-electron chi connectivity index (χ0n) is 23.7. The summed E-state index contributed by atoms with van der Waals surface area (Å²) < 4.78 is 19.8. The second-order valence-corrected chi connectivity index (χ2v) is 11.0. The number of carboxylic acids is 2. The van der Waals surface area contributed by atoms with Crippen LogP contribution in [-0.4, -0.2) is 129 Å². The van der Waals surface area contributed by atoms with Crippen LogP contribution in [0.25, 0.3) is 0 Å². The summed E-state index contributed by atoms with van der Waals surface area (Å²) in [5.74, 6) is -4.29. The number of carboxylic acid groups (broad SMARTS) is 2. The van der Waals surface area contributed by atoms with Crippen molar-refractivity contribution < 1.29 is 53.8 Å². The van der Waals surface area contributed by atoms with Gasteiger partial charge in [0.2, 0.25) is 11.8 Å². The lowest BCUT2D eigenvalue weighted by Gasteiger charge is -2.37. The number of aliphatic carboxylic acids is 2. The summed E-state index contributed by atoms with van der Waals surface area (Å²) in [6, 6.07) is 8.12. The third kappa shape index (κ3) is 8.15. The molecule has 1 aromatic carbocycles. The number of ether oxygens (including phenoxy) is 1. The number of benzene rings is 1. The predicted molar refractivity (Wildman–Crippen MR) is 147 cm³/mol. The number of aliphatic hydroxyl groups excluding tert-OH is 3. The van der Waals surface area contributed by atoms with E-state index in [4.69, 9.17) is 25.2 Å². The van der Waals surface area contributed by atoms with Crippen molar-refractivity contribution in [2.75, 3.05) is 44.2 Å². The average Bonchev–Trinajstić information content (AvgIpc) is 3.17. The number of anilines is 1. The minimum Gasteiger partial charge on any atom is -0.489 e. The summed E-state index contributed by atoms with van der Waals surface area (Å²) in [5.41, 5.74) is 1.12. The minimum absolute atomic E-state index is 0.0448. The van der Waals surface area contributed by atoms with E-state index in [1.807, 2.05) is 32.0 Å². The highest BCUT2D eigenvalue weighted by Gasteiger charge is 2.52. The Balaban J connectivity index is 0.000000416. The van der Waals surface area contributed by atoms with E-state index in [9.17, 15) is 28.7 Å².